The summed E-state index contributed by atoms with van der Waals surface area (Å²) in [6.45, 7) is 4.00. The van der Waals surface area contributed by atoms with Gasteiger partial charge in [0.2, 0.25) is 5.91 Å². The fourth-order valence-corrected chi connectivity index (χ4v) is 1.77. The maximum absolute atomic E-state index is 11.8. The fourth-order valence-electron chi connectivity index (χ4n) is 1.77. The molecule has 1 N–H and O–H groups in total. The maximum Gasteiger partial charge on any atom is 0.224 e. The first kappa shape index (κ1) is 12.4. The molecule has 0 aliphatic heterocycles. The normalized spacial score (nSPS) is 10.3. The van der Waals surface area contributed by atoms with Crippen LogP contribution < -0.4 is 5.32 Å². The van der Waals surface area contributed by atoms with Gasteiger partial charge < -0.3 is 9.73 Å². The maximum atomic E-state index is 11.8. The molecule has 0 aliphatic rings. The van der Waals surface area contributed by atoms with Crippen LogP contribution in [0.3, 0.4) is 0 Å². The second-order valence-corrected chi connectivity index (χ2v) is 4.45. The Labute approximate surface area is 107 Å². The highest BCUT2D eigenvalue weighted by Crippen LogP contribution is 2.16. The van der Waals surface area contributed by atoms with Gasteiger partial charge in [0.15, 0.2) is 0 Å². The number of amides is 1. The topological polar surface area (TPSA) is 42.2 Å². The molecule has 0 saturated carbocycles. The second kappa shape index (κ2) is 5.54. The number of carbonyl (C=O) groups excluding carboxylic acids is 1. The third kappa shape index (κ3) is 3.23. The van der Waals surface area contributed by atoms with Gasteiger partial charge in [-0.25, -0.2) is 0 Å². The van der Waals surface area contributed by atoms with Gasteiger partial charge in [-0.2, -0.15) is 0 Å². The molecule has 3 heteroatoms. The summed E-state index contributed by atoms with van der Waals surface area (Å²) >= 11 is 0. The van der Waals surface area contributed by atoms with E-state index in [9.17, 15) is 4.79 Å². The van der Waals surface area contributed by atoms with Gasteiger partial charge in [0.05, 0.1) is 6.26 Å². The van der Waals surface area contributed by atoms with Crippen LogP contribution in [0.15, 0.2) is 41.0 Å². The Bertz CT molecular complexity index is 529. The van der Waals surface area contributed by atoms with E-state index in [-0.39, 0.29) is 5.91 Å². The first-order valence-corrected chi connectivity index (χ1v) is 6.04. The van der Waals surface area contributed by atoms with Gasteiger partial charge in [0.25, 0.3) is 0 Å². The zero-order valence-electron chi connectivity index (χ0n) is 10.7. The SMILES string of the molecule is Cc1ccc(C)c(NC(=O)CCc2ccco2)c1. The van der Waals surface area contributed by atoms with Crippen LogP contribution in [0.1, 0.15) is 23.3 Å². The molecule has 1 aromatic carbocycles. The number of benzene rings is 1. The molecule has 0 aliphatic carbocycles. The minimum atomic E-state index is 0.0140. The molecule has 1 aromatic heterocycles. The van der Waals surface area contributed by atoms with Crippen molar-refractivity contribution >= 4 is 11.6 Å². The van der Waals surface area contributed by atoms with Crippen LogP contribution in [-0.2, 0) is 11.2 Å². The minimum absolute atomic E-state index is 0.0140. The third-order valence-electron chi connectivity index (χ3n) is 2.85. The molecule has 0 bridgehead atoms. The lowest BCUT2D eigenvalue weighted by Gasteiger charge is -2.08. The van der Waals surface area contributed by atoms with Crippen LogP contribution in [0.25, 0.3) is 0 Å². The average Bonchev–Trinajstić information content (AvgIpc) is 2.84. The van der Waals surface area contributed by atoms with Crippen LogP contribution in [-0.4, -0.2) is 5.91 Å². The Balaban J connectivity index is 1.92. The van der Waals surface area contributed by atoms with Crippen molar-refractivity contribution in [1.29, 1.82) is 0 Å². The van der Waals surface area contributed by atoms with Crippen molar-refractivity contribution in [3.63, 3.8) is 0 Å². The average molecular weight is 243 g/mol. The largest absolute Gasteiger partial charge is 0.469 e. The molecular formula is C15H17NO2. The van der Waals surface area contributed by atoms with Gasteiger partial charge in [-0.3, -0.25) is 4.79 Å². The Hall–Kier alpha value is -2.03. The van der Waals surface area contributed by atoms with Crippen LogP contribution in [0.5, 0.6) is 0 Å². The quantitative estimate of drug-likeness (QED) is 0.893. The molecule has 1 heterocycles. The van der Waals surface area contributed by atoms with Crippen molar-refractivity contribution < 1.29 is 9.21 Å². The number of nitrogens with one attached hydrogen (secondary N) is 1. The lowest BCUT2D eigenvalue weighted by molar-refractivity contribution is -0.116. The number of hydrogen-bond acceptors (Lipinski definition) is 2. The number of carbonyl (C=O) groups is 1. The molecule has 94 valence electrons. The van der Waals surface area contributed by atoms with Crippen molar-refractivity contribution in [3.05, 3.63) is 53.5 Å². The summed E-state index contributed by atoms with van der Waals surface area (Å²) in [5, 5.41) is 2.93. The lowest BCUT2D eigenvalue weighted by Crippen LogP contribution is -2.13. The summed E-state index contributed by atoms with van der Waals surface area (Å²) in [5.41, 5.74) is 3.10. The van der Waals surface area contributed by atoms with E-state index in [1.54, 1.807) is 6.26 Å². The molecular weight excluding hydrogens is 226 g/mol. The van der Waals surface area contributed by atoms with E-state index >= 15 is 0 Å². The van der Waals surface area contributed by atoms with Gasteiger partial charge in [-0.15, -0.1) is 0 Å². The number of furan rings is 1. The number of anilines is 1. The van der Waals surface area contributed by atoms with Crippen molar-refractivity contribution in [2.75, 3.05) is 5.32 Å². The molecule has 0 fully saturated rings. The van der Waals surface area contributed by atoms with Gasteiger partial charge >= 0.3 is 0 Å². The van der Waals surface area contributed by atoms with Crippen LogP contribution in [0.4, 0.5) is 5.69 Å². The third-order valence-corrected chi connectivity index (χ3v) is 2.85. The summed E-state index contributed by atoms with van der Waals surface area (Å²) in [7, 11) is 0. The molecule has 18 heavy (non-hydrogen) atoms. The highest BCUT2D eigenvalue weighted by molar-refractivity contribution is 5.91. The zero-order valence-corrected chi connectivity index (χ0v) is 10.7. The van der Waals surface area contributed by atoms with E-state index in [1.807, 2.05) is 44.2 Å². The van der Waals surface area contributed by atoms with Crippen molar-refractivity contribution in [3.8, 4) is 0 Å². The zero-order chi connectivity index (χ0) is 13.0. The second-order valence-electron chi connectivity index (χ2n) is 4.45. The highest BCUT2D eigenvalue weighted by Gasteiger charge is 2.06. The standard InChI is InChI=1S/C15H17NO2/c1-11-5-6-12(2)14(10-11)16-15(17)8-7-13-4-3-9-18-13/h3-6,9-10H,7-8H2,1-2H3,(H,16,17). The summed E-state index contributed by atoms with van der Waals surface area (Å²) in [4.78, 5) is 11.8. The predicted molar refractivity (Wildman–Crippen MR) is 71.6 cm³/mol. The van der Waals surface area contributed by atoms with Gasteiger partial charge in [0, 0.05) is 18.5 Å². The molecule has 0 spiro atoms. The first-order valence-electron chi connectivity index (χ1n) is 6.04. The van der Waals surface area contributed by atoms with Crippen LogP contribution in [0.2, 0.25) is 0 Å². The summed E-state index contributed by atoms with van der Waals surface area (Å²) in [6, 6.07) is 9.74. The van der Waals surface area contributed by atoms with Crippen molar-refractivity contribution in [2.24, 2.45) is 0 Å². The van der Waals surface area contributed by atoms with Gasteiger partial charge in [-0.05, 0) is 43.2 Å². The van der Waals surface area contributed by atoms with E-state index in [1.165, 1.54) is 0 Å². The van der Waals surface area contributed by atoms with Gasteiger partial charge in [-0.1, -0.05) is 12.1 Å². The van der Waals surface area contributed by atoms with E-state index in [0.717, 1.165) is 22.6 Å². The Morgan fingerprint density at radius 3 is 2.83 bits per heavy atom. The van der Waals surface area contributed by atoms with Crippen molar-refractivity contribution in [2.45, 2.75) is 26.7 Å². The van der Waals surface area contributed by atoms with E-state index in [0.29, 0.717) is 12.8 Å². The molecule has 2 rings (SSSR count). The molecule has 3 nitrogen and oxygen atoms in total. The predicted octanol–water partition coefficient (Wildman–Crippen LogP) is 3.47. The fraction of sp³-hybridized carbons (Fsp3) is 0.267. The molecule has 0 radical (unpaired) electrons. The highest BCUT2D eigenvalue weighted by atomic mass is 16.3. The monoisotopic (exact) mass is 243 g/mol. The molecule has 2 aromatic rings. The molecule has 0 saturated heterocycles. The smallest absolute Gasteiger partial charge is 0.224 e. The Morgan fingerprint density at radius 1 is 1.28 bits per heavy atom. The minimum Gasteiger partial charge on any atom is -0.469 e. The summed E-state index contributed by atoms with van der Waals surface area (Å²) in [5.74, 6) is 0.853. The van der Waals surface area contributed by atoms with Crippen LogP contribution in [0, 0.1) is 13.8 Å². The first-order chi connectivity index (χ1) is 8.65. The number of aryl methyl sites for hydroxylation is 3. The number of hydrogen-bond donors (Lipinski definition) is 1. The van der Waals surface area contributed by atoms with E-state index in [2.05, 4.69) is 5.32 Å². The summed E-state index contributed by atoms with van der Waals surface area (Å²) in [6.07, 6.45) is 2.68. The molecule has 0 atom stereocenters. The van der Waals surface area contributed by atoms with E-state index in [4.69, 9.17) is 4.42 Å². The summed E-state index contributed by atoms with van der Waals surface area (Å²) < 4.78 is 5.20. The molecule has 0 unspecified atom stereocenters. The molecule has 1 amide bonds. The Kier molecular flexibility index (Phi) is 3.82. The van der Waals surface area contributed by atoms with Crippen LogP contribution >= 0.6 is 0 Å². The number of rotatable bonds is 4. The Morgan fingerprint density at radius 2 is 2.11 bits per heavy atom. The lowest BCUT2D eigenvalue weighted by atomic mass is 10.1. The van der Waals surface area contributed by atoms with Crippen molar-refractivity contribution in [1.82, 2.24) is 0 Å². The van der Waals surface area contributed by atoms with Gasteiger partial charge in [0.1, 0.15) is 5.76 Å². The van der Waals surface area contributed by atoms with E-state index < -0.39 is 0 Å².